The summed E-state index contributed by atoms with van der Waals surface area (Å²) in [5.74, 6) is -6.33. The lowest BCUT2D eigenvalue weighted by Gasteiger charge is -2.24. The number of phenolic OH excluding ortho intramolecular Hbond substituents is 1. The van der Waals surface area contributed by atoms with Crippen molar-refractivity contribution in [1.82, 2.24) is 5.32 Å². The first kappa shape index (κ1) is 48.8. The number of aromatic hydroxyl groups is 1. The molecular formula is C48H50N6O12. The number of carbonyl (C=O) groups excluding carboxylic acids is 6. The maximum atomic E-state index is 13.6. The molecule has 344 valence electrons. The number of rotatable bonds is 19. The van der Waals surface area contributed by atoms with Crippen molar-refractivity contribution in [3.05, 3.63) is 137 Å². The summed E-state index contributed by atoms with van der Waals surface area (Å²) in [6.07, 6.45) is -1.81. The minimum Gasteiger partial charge on any atom is -0.504 e. The number of aromatic carboxylic acids is 1. The largest absolute Gasteiger partial charge is 0.504 e. The van der Waals surface area contributed by atoms with Crippen LogP contribution in [0.2, 0.25) is 0 Å². The lowest BCUT2D eigenvalue weighted by Crippen LogP contribution is -2.56. The fraction of sp³-hybridized carbons (Fsp3) is 0.229. The topological polar surface area (TPSA) is 274 Å². The second kappa shape index (κ2) is 21.9. The number of anilines is 4. The number of hydrogen-bond acceptors (Lipinski definition) is 11. The van der Waals surface area contributed by atoms with Gasteiger partial charge in [-0.2, -0.15) is 0 Å². The van der Waals surface area contributed by atoms with E-state index in [1.807, 2.05) is 13.8 Å². The first-order valence-electron chi connectivity index (χ1n) is 20.6. The van der Waals surface area contributed by atoms with Crippen molar-refractivity contribution in [2.24, 2.45) is 5.73 Å². The number of methoxy groups -OCH3 is 1. The monoisotopic (exact) mass is 902 g/mol. The standard InChI is InChI=1S/C48H50N6O12/c1-7-27(5)66-37-24-31(48(62)63)16-22-35(37)52-46(60)34-21-23-36(40(39(34)55)65-25(2)3)53-44(58)29-12-19-33(20-13-29)51-47(61)38(41(64-6)42(49)56)54-45(59)30-14-17-32(18-15-30)50-43(57)28-10-8-26(4)9-11-28/h8-25,27,38,41,55H,7H2,1-6H3,(H2,49,56)(H,50,57)(H,51,61)(H,52,60)(H,53,58)(H,54,59)(H,62,63). The van der Waals surface area contributed by atoms with Crippen LogP contribution >= 0.6 is 0 Å². The van der Waals surface area contributed by atoms with Crippen LogP contribution in [0.25, 0.3) is 0 Å². The molecule has 0 spiro atoms. The number of aryl methyl sites for hydroxylation is 1. The zero-order chi connectivity index (χ0) is 48.2. The van der Waals surface area contributed by atoms with Crippen LogP contribution in [0.4, 0.5) is 22.7 Å². The molecule has 0 saturated heterocycles. The highest BCUT2D eigenvalue weighted by molar-refractivity contribution is 6.10. The number of phenols is 1. The number of benzene rings is 5. The first-order valence-corrected chi connectivity index (χ1v) is 20.6. The third-order valence-corrected chi connectivity index (χ3v) is 9.90. The molecule has 0 aliphatic carbocycles. The summed E-state index contributed by atoms with van der Waals surface area (Å²) in [6, 6.07) is 23.3. The van der Waals surface area contributed by atoms with Crippen molar-refractivity contribution in [3.8, 4) is 17.2 Å². The number of hydrogen-bond donors (Lipinski definition) is 8. The zero-order valence-corrected chi connectivity index (χ0v) is 36.9. The molecule has 0 fully saturated rings. The van der Waals surface area contributed by atoms with Gasteiger partial charge in [0, 0.05) is 35.2 Å². The van der Waals surface area contributed by atoms with Gasteiger partial charge in [0.25, 0.3) is 23.6 Å². The number of carbonyl (C=O) groups is 7. The molecule has 6 amide bonds. The molecule has 0 aromatic heterocycles. The SMILES string of the molecule is CCC(C)Oc1cc(C(=O)O)ccc1NC(=O)c1ccc(NC(=O)c2ccc(NC(=O)C(NC(=O)c3ccc(NC(=O)c4ccc(C)cc4)cc3)C(OC)C(N)=O)cc2)c(OC(C)C)c1O. The summed E-state index contributed by atoms with van der Waals surface area (Å²) in [6.45, 7) is 8.91. The zero-order valence-electron chi connectivity index (χ0n) is 36.9. The molecule has 0 heterocycles. The second-order valence-electron chi connectivity index (χ2n) is 15.2. The predicted octanol–water partition coefficient (Wildman–Crippen LogP) is 6.36. The fourth-order valence-corrected chi connectivity index (χ4v) is 6.21. The van der Waals surface area contributed by atoms with Crippen molar-refractivity contribution in [2.45, 2.75) is 65.4 Å². The van der Waals surface area contributed by atoms with Crippen LogP contribution < -0.4 is 41.8 Å². The van der Waals surface area contributed by atoms with Crippen molar-refractivity contribution in [1.29, 1.82) is 0 Å². The third kappa shape index (κ3) is 12.5. The molecule has 9 N–H and O–H groups in total. The van der Waals surface area contributed by atoms with Crippen LogP contribution in [0.3, 0.4) is 0 Å². The van der Waals surface area contributed by atoms with E-state index in [1.165, 1.54) is 78.9 Å². The fourth-order valence-electron chi connectivity index (χ4n) is 6.21. The number of carboxylic acid groups (broad SMARTS) is 1. The maximum absolute atomic E-state index is 13.6. The molecule has 0 saturated carbocycles. The minimum atomic E-state index is -1.61. The molecule has 5 rings (SSSR count). The lowest BCUT2D eigenvalue weighted by molar-refractivity contribution is -0.134. The van der Waals surface area contributed by atoms with Gasteiger partial charge in [-0.25, -0.2) is 4.79 Å². The van der Waals surface area contributed by atoms with Gasteiger partial charge in [-0.1, -0.05) is 24.6 Å². The Bertz CT molecular complexity index is 2620. The highest BCUT2D eigenvalue weighted by Gasteiger charge is 2.35. The van der Waals surface area contributed by atoms with Crippen molar-refractivity contribution >= 4 is 64.2 Å². The van der Waals surface area contributed by atoms with E-state index in [1.54, 1.807) is 45.0 Å². The van der Waals surface area contributed by atoms with Crippen molar-refractivity contribution < 1.29 is 58.0 Å². The van der Waals surface area contributed by atoms with Crippen molar-refractivity contribution in [3.63, 3.8) is 0 Å². The Morgan fingerprint density at radius 3 is 1.70 bits per heavy atom. The van der Waals surface area contributed by atoms with E-state index >= 15 is 0 Å². The summed E-state index contributed by atoms with van der Waals surface area (Å²) >= 11 is 0. The van der Waals surface area contributed by atoms with Gasteiger partial charge in [-0.3, -0.25) is 28.8 Å². The Labute approximate surface area is 379 Å². The molecule has 3 unspecified atom stereocenters. The maximum Gasteiger partial charge on any atom is 0.335 e. The Kier molecular flexibility index (Phi) is 16.2. The summed E-state index contributed by atoms with van der Waals surface area (Å²) in [4.78, 5) is 90.5. The van der Waals surface area contributed by atoms with Gasteiger partial charge >= 0.3 is 5.97 Å². The molecule has 5 aromatic rings. The van der Waals surface area contributed by atoms with E-state index in [9.17, 15) is 43.8 Å². The second-order valence-corrected chi connectivity index (χ2v) is 15.2. The first-order chi connectivity index (χ1) is 31.4. The number of carboxylic acids is 1. The average molecular weight is 903 g/mol. The molecule has 0 aliphatic heterocycles. The van der Waals surface area contributed by atoms with Crippen LogP contribution in [-0.2, 0) is 14.3 Å². The Morgan fingerprint density at radius 2 is 1.15 bits per heavy atom. The Hall–Kier alpha value is -8.25. The smallest absolute Gasteiger partial charge is 0.335 e. The number of primary amides is 1. The van der Waals surface area contributed by atoms with Gasteiger partial charge in [0.15, 0.2) is 17.6 Å². The van der Waals surface area contributed by atoms with Crippen LogP contribution in [0.5, 0.6) is 17.2 Å². The van der Waals surface area contributed by atoms with Crippen molar-refractivity contribution in [2.75, 3.05) is 28.4 Å². The predicted molar refractivity (Wildman–Crippen MR) is 245 cm³/mol. The van der Waals surface area contributed by atoms with E-state index in [2.05, 4.69) is 26.6 Å². The minimum absolute atomic E-state index is 0.0176. The molecule has 66 heavy (non-hydrogen) atoms. The summed E-state index contributed by atoms with van der Waals surface area (Å²) in [5, 5.41) is 33.9. The van der Waals surface area contributed by atoms with Crippen LogP contribution in [0.15, 0.2) is 103 Å². The quantitative estimate of drug-likeness (QED) is 0.0450. The number of nitrogens with two attached hydrogens (primary N) is 1. The Balaban J connectivity index is 1.28. The third-order valence-electron chi connectivity index (χ3n) is 9.90. The molecule has 18 heteroatoms. The molecule has 0 radical (unpaired) electrons. The molecule has 5 aromatic carbocycles. The van der Waals surface area contributed by atoms with E-state index in [0.717, 1.165) is 12.7 Å². The van der Waals surface area contributed by atoms with E-state index in [4.69, 9.17) is 19.9 Å². The van der Waals surface area contributed by atoms with Gasteiger partial charge in [-0.15, -0.1) is 0 Å². The van der Waals surface area contributed by atoms with Gasteiger partial charge in [0.1, 0.15) is 11.8 Å². The lowest BCUT2D eigenvalue weighted by atomic mass is 10.1. The Morgan fingerprint density at radius 1 is 0.636 bits per heavy atom. The van der Waals surface area contributed by atoms with Gasteiger partial charge < -0.3 is 56.7 Å². The van der Waals surface area contributed by atoms with E-state index < -0.39 is 59.5 Å². The highest BCUT2D eigenvalue weighted by Crippen LogP contribution is 2.39. The molecule has 0 aliphatic rings. The summed E-state index contributed by atoms with van der Waals surface area (Å²) < 4.78 is 16.9. The van der Waals surface area contributed by atoms with Crippen LogP contribution in [0.1, 0.15) is 91.5 Å². The van der Waals surface area contributed by atoms with Crippen LogP contribution in [-0.4, -0.2) is 83.1 Å². The van der Waals surface area contributed by atoms with Gasteiger partial charge in [0.05, 0.1) is 34.7 Å². The summed E-state index contributed by atoms with van der Waals surface area (Å²) in [5.41, 5.74) is 7.62. The highest BCUT2D eigenvalue weighted by atomic mass is 16.5. The van der Waals surface area contributed by atoms with E-state index in [0.29, 0.717) is 17.7 Å². The average Bonchev–Trinajstić information content (AvgIpc) is 3.28. The number of amides is 6. The van der Waals surface area contributed by atoms with E-state index in [-0.39, 0.29) is 62.8 Å². The number of nitrogens with one attached hydrogen (secondary N) is 5. The molecule has 3 atom stereocenters. The molecule has 18 nitrogen and oxygen atoms in total. The van der Waals surface area contributed by atoms with Gasteiger partial charge in [-0.05, 0) is 125 Å². The van der Waals surface area contributed by atoms with Crippen LogP contribution in [0, 0.1) is 6.92 Å². The molecule has 0 bridgehead atoms. The summed E-state index contributed by atoms with van der Waals surface area (Å²) in [7, 11) is 1.14. The normalized spacial score (nSPS) is 12.2. The molecular weight excluding hydrogens is 853 g/mol. The number of ether oxygens (including phenoxy) is 3. The van der Waals surface area contributed by atoms with Gasteiger partial charge in [0.2, 0.25) is 11.8 Å².